The molecule has 0 saturated carbocycles. The van der Waals surface area contributed by atoms with Crippen LogP contribution < -0.4 is 0 Å². The molecule has 352 valence electrons. The maximum absolute atomic E-state index is 12.8. The number of hydrogen-bond donors (Lipinski definition) is 4. The summed E-state index contributed by atoms with van der Waals surface area (Å²) in [5.74, 6) is -0.873. The van der Waals surface area contributed by atoms with Crippen molar-refractivity contribution in [3.05, 3.63) is 60.8 Å². The van der Waals surface area contributed by atoms with Crippen LogP contribution >= 0.6 is 0 Å². The van der Waals surface area contributed by atoms with Gasteiger partial charge in [0.25, 0.3) is 0 Å². The third-order valence-electron chi connectivity index (χ3n) is 10.9. The molecule has 0 bridgehead atoms. The number of ether oxygens (including phenoxy) is 4. The molecular weight excluding hydrogens is 773 g/mol. The molecular formula is C51H88O10. The second kappa shape index (κ2) is 41.4. The summed E-state index contributed by atoms with van der Waals surface area (Å²) in [4.78, 5) is 25.4. The number of carbonyl (C=O) groups is 2. The van der Waals surface area contributed by atoms with E-state index in [9.17, 15) is 30.0 Å². The van der Waals surface area contributed by atoms with Crippen LogP contribution in [0, 0.1) is 0 Å². The highest BCUT2D eigenvalue weighted by atomic mass is 16.7. The summed E-state index contributed by atoms with van der Waals surface area (Å²) in [7, 11) is 0. The van der Waals surface area contributed by atoms with Gasteiger partial charge in [-0.05, 0) is 77.0 Å². The molecule has 0 radical (unpaired) electrons. The minimum Gasteiger partial charge on any atom is -0.462 e. The zero-order valence-electron chi connectivity index (χ0n) is 38.4. The predicted octanol–water partition coefficient (Wildman–Crippen LogP) is 11.0. The van der Waals surface area contributed by atoms with Gasteiger partial charge >= 0.3 is 11.9 Å². The van der Waals surface area contributed by atoms with Crippen molar-refractivity contribution in [1.82, 2.24) is 0 Å². The van der Waals surface area contributed by atoms with E-state index in [0.717, 1.165) is 51.4 Å². The third-order valence-corrected chi connectivity index (χ3v) is 10.9. The molecule has 4 N–H and O–H groups in total. The van der Waals surface area contributed by atoms with Crippen LogP contribution in [0.25, 0.3) is 0 Å². The van der Waals surface area contributed by atoms with Crippen molar-refractivity contribution in [2.75, 3.05) is 19.8 Å². The van der Waals surface area contributed by atoms with Crippen molar-refractivity contribution >= 4 is 11.9 Å². The Morgan fingerprint density at radius 1 is 0.508 bits per heavy atom. The lowest BCUT2D eigenvalue weighted by Crippen LogP contribution is -2.59. The zero-order valence-corrected chi connectivity index (χ0v) is 38.4. The van der Waals surface area contributed by atoms with E-state index in [1.807, 2.05) is 6.08 Å². The Bertz CT molecular complexity index is 1180. The summed E-state index contributed by atoms with van der Waals surface area (Å²) in [6, 6.07) is 0. The van der Waals surface area contributed by atoms with Gasteiger partial charge in [0.05, 0.1) is 13.2 Å². The molecule has 61 heavy (non-hydrogen) atoms. The first kappa shape index (κ1) is 56.4. The molecule has 2 unspecified atom stereocenters. The van der Waals surface area contributed by atoms with E-state index < -0.39 is 55.4 Å². The molecule has 1 saturated heterocycles. The minimum atomic E-state index is -1.61. The van der Waals surface area contributed by atoms with Gasteiger partial charge in [-0.3, -0.25) is 9.59 Å². The van der Waals surface area contributed by atoms with Gasteiger partial charge in [0.1, 0.15) is 31.0 Å². The Labute approximate surface area is 370 Å². The summed E-state index contributed by atoms with van der Waals surface area (Å²) < 4.78 is 22.1. The topological polar surface area (TPSA) is 152 Å². The van der Waals surface area contributed by atoms with Gasteiger partial charge in [-0.15, -0.1) is 0 Å². The van der Waals surface area contributed by atoms with Gasteiger partial charge in [0.15, 0.2) is 12.4 Å². The van der Waals surface area contributed by atoms with Gasteiger partial charge in [0.2, 0.25) is 0 Å². The quantitative estimate of drug-likeness (QED) is 0.0266. The van der Waals surface area contributed by atoms with E-state index in [2.05, 4.69) is 68.5 Å². The number of unbranched alkanes of at least 4 members (excludes halogenated alkanes) is 19. The van der Waals surface area contributed by atoms with Crippen LogP contribution in [0.3, 0.4) is 0 Å². The largest absolute Gasteiger partial charge is 0.462 e. The first-order valence-corrected chi connectivity index (χ1v) is 24.4. The Morgan fingerprint density at radius 2 is 0.934 bits per heavy atom. The molecule has 0 aromatic heterocycles. The molecule has 0 aromatic carbocycles. The normalized spacial score (nSPS) is 20.3. The number of rotatable bonds is 40. The highest BCUT2D eigenvalue weighted by molar-refractivity contribution is 5.70. The molecule has 0 amide bonds. The van der Waals surface area contributed by atoms with Crippen molar-refractivity contribution < 1.29 is 49.0 Å². The Morgan fingerprint density at radius 3 is 1.46 bits per heavy atom. The monoisotopic (exact) mass is 861 g/mol. The number of aliphatic hydroxyl groups is 4. The van der Waals surface area contributed by atoms with E-state index in [-0.39, 0.29) is 26.1 Å². The second-order valence-corrected chi connectivity index (χ2v) is 16.6. The zero-order chi connectivity index (χ0) is 44.4. The third kappa shape index (κ3) is 32.7. The fraction of sp³-hybridized carbons (Fsp3) is 0.765. The lowest BCUT2D eigenvalue weighted by Gasteiger charge is -2.39. The van der Waals surface area contributed by atoms with Crippen molar-refractivity contribution in [3.8, 4) is 0 Å². The van der Waals surface area contributed by atoms with Crippen LogP contribution in [-0.4, -0.2) is 89.0 Å². The van der Waals surface area contributed by atoms with E-state index in [1.54, 1.807) is 0 Å². The first-order chi connectivity index (χ1) is 29.8. The molecule has 10 heteroatoms. The van der Waals surface area contributed by atoms with Crippen LogP contribution in [0.4, 0.5) is 0 Å². The molecule has 1 rings (SSSR count). The molecule has 0 aliphatic carbocycles. The number of hydrogen-bond acceptors (Lipinski definition) is 10. The second-order valence-electron chi connectivity index (χ2n) is 16.6. The minimum absolute atomic E-state index is 0.156. The van der Waals surface area contributed by atoms with Gasteiger partial charge < -0.3 is 39.4 Å². The fourth-order valence-electron chi connectivity index (χ4n) is 7.00. The molecule has 6 atom stereocenters. The molecule has 1 aliphatic heterocycles. The van der Waals surface area contributed by atoms with Gasteiger partial charge in [0, 0.05) is 12.8 Å². The van der Waals surface area contributed by atoms with Crippen LogP contribution in [0.15, 0.2) is 60.8 Å². The highest BCUT2D eigenvalue weighted by Crippen LogP contribution is 2.22. The summed E-state index contributed by atoms with van der Waals surface area (Å²) in [6.07, 6.45) is 43.7. The maximum atomic E-state index is 12.8. The Kier molecular flexibility index (Phi) is 38.3. The summed E-state index contributed by atoms with van der Waals surface area (Å²) in [5, 5.41) is 40.1. The van der Waals surface area contributed by atoms with Crippen molar-refractivity contribution in [2.45, 2.75) is 230 Å². The molecule has 1 fully saturated rings. The SMILES string of the molecule is CCCCC/C=C/C/C=C/CCCCCCCCCCCC(=O)OC[C@@H](CO[C@H]1O[C@@H](CO)[C@@H](O)C(O)C1O)OC(=O)CCC/C=C/C/C=C/C/C=C/CCCCCCCC. The van der Waals surface area contributed by atoms with Crippen LogP contribution in [0.2, 0.25) is 0 Å². The van der Waals surface area contributed by atoms with E-state index in [1.165, 1.54) is 96.3 Å². The lowest BCUT2D eigenvalue weighted by atomic mass is 9.99. The first-order valence-electron chi connectivity index (χ1n) is 24.4. The van der Waals surface area contributed by atoms with Crippen LogP contribution in [0.1, 0.15) is 194 Å². The van der Waals surface area contributed by atoms with Gasteiger partial charge in [-0.25, -0.2) is 0 Å². The number of allylic oxidation sites excluding steroid dienone is 10. The number of esters is 2. The highest BCUT2D eigenvalue weighted by Gasteiger charge is 2.44. The summed E-state index contributed by atoms with van der Waals surface area (Å²) in [5.41, 5.74) is 0. The average molecular weight is 861 g/mol. The summed E-state index contributed by atoms with van der Waals surface area (Å²) in [6.45, 7) is 3.34. The fourth-order valence-corrected chi connectivity index (χ4v) is 7.00. The van der Waals surface area contributed by atoms with Crippen LogP contribution in [0.5, 0.6) is 0 Å². The molecule has 1 heterocycles. The predicted molar refractivity (Wildman–Crippen MR) is 247 cm³/mol. The van der Waals surface area contributed by atoms with Crippen molar-refractivity contribution in [1.29, 1.82) is 0 Å². The molecule has 0 aromatic rings. The smallest absolute Gasteiger partial charge is 0.306 e. The van der Waals surface area contributed by atoms with E-state index >= 15 is 0 Å². The van der Waals surface area contributed by atoms with E-state index in [0.29, 0.717) is 19.3 Å². The van der Waals surface area contributed by atoms with Gasteiger partial charge in [-0.2, -0.15) is 0 Å². The standard InChI is InChI=1S/C51H88O10/c1-3-5-7-9-11-13-15-17-19-21-22-24-25-27-29-31-33-35-37-39-46(53)58-42-44(43-59-51-50(57)49(56)48(55)45(41-52)61-51)60-47(54)40-38-36-34-32-30-28-26-23-20-18-16-14-12-10-8-6-4-2/h11,13,17-20,26,28,32,34,44-45,48-52,55-57H,3-10,12,14-16,21-25,27,29-31,33,35-43H2,1-2H3/b13-11+,19-17+,20-18+,28-26+,34-32+/t44-,45-,48+,49?,50?,51-/m0/s1. The van der Waals surface area contributed by atoms with Crippen LogP contribution in [-0.2, 0) is 28.5 Å². The maximum Gasteiger partial charge on any atom is 0.306 e. The van der Waals surface area contributed by atoms with Gasteiger partial charge in [-0.1, -0.05) is 164 Å². The van der Waals surface area contributed by atoms with E-state index in [4.69, 9.17) is 18.9 Å². The molecule has 0 spiro atoms. The average Bonchev–Trinajstić information content (AvgIpc) is 3.26. The Hall–Kier alpha value is -2.60. The lowest BCUT2D eigenvalue weighted by molar-refractivity contribution is -0.305. The van der Waals surface area contributed by atoms with Crippen molar-refractivity contribution in [3.63, 3.8) is 0 Å². The van der Waals surface area contributed by atoms with Crippen molar-refractivity contribution in [2.24, 2.45) is 0 Å². The molecule has 10 nitrogen and oxygen atoms in total. The Balaban J connectivity index is 2.33. The number of aliphatic hydroxyl groups excluding tert-OH is 4. The summed E-state index contributed by atoms with van der Waals surface area (Å²) >= 11 is 0. The number of carbonyl (C=O) groups excluding carboxylic acids is 2. The molecule has 1 aliphatic rings.